The maximum atomic E-state index is 11.7. The molecule has 1 saturated heterocycles. The van der Waals surface area contributed by atoms with E-state index in [-0.39, 0.29) is 17.4 Å². The van der Waals surface area contributed by atoms with Crippen LogP contribution in [0, 0.1) is 9.49 Å². The highest BCUT2D eigenvalue weighted by atomic mass is 127. The van der Waals surface area contributed by atoms with Crippen LogP contribution in [0.15, 0.2) is 11.0 Å². The largest absolute Gasteiger partial charge is 0.291 e. The fourth-order valence-corrected chi connectivity index (χ4v) is 2.13. The molecule has 1 fully saturated rings. The second-order valence-electron chi connectivity index (χ2n) is 3.64. The van der Waals surface area contributed by atoms with Gasteiger partial charge in [0.2, 0.25) is 11.9 Å². The molecule has 1 N–H and O–H groups in total. The first-order chi connectivity index (χ1) is 7.61. The number of aromatic amines is 1. The number of carbonyl (C=O) groups is 1. The molecule has 0 radical (unpaired) electrons. The van der Waals surface area contributed by atoms with Crippen molar-refractivity contribution in [2.45, 2.75) is 6.42 Å². The lowest BCUT2D eigenvalue weighted by Crippen LogP contribution is -2.29. The summed E-state index contributed by atoms with van der Waals surface area (Å²) in [5, 5.41) is 0. The SMILES string of the molecule is O=C1CC(CS)CN1c1ncc(I)c(=O)[nH]1. The Hall–Kier alpha value is -0.570. The number of rotatable bonds is 2. The summed E-state index contributed by atoms with van der Waals surface area (Å²) in [6, 6.07) is 0. The predicted octanol–water partition coefficient (Wildman–Crippen LogP) is 0.657. The summed E-state index contributed by atoms with van der Waals surface area (Å²) in [6.45, 7) is 0.575. The third-order valence-corrected chi connectivity index (χ3v) is 3.75. The van der Waals surface area contributed by atoms with E-state index in [9.17, 15) is 9.59 Å². The molecule has 5 nitrogen and oxygen atoms in total. The summed E-state index contributed by atoms with van der Waals surface area (Å²) in [5.41, 5.74) is -0.215. The molecule has 1 aromatic heterocycles. The van der Waals surface area contributed by atoms with Crippen LogP contribution in [0.4, 0.5) is 5.95 Å². The van der Waals surface area contributed by atoms with Gasteiger partial charge >= 0.3 is 0 Å². The summed E-state index contributed by atoms with van der Waals surface area (Å²) < 4.78 is 0.513. The Bertz CT molecular complexity index is 476. The Morgan fingerprint density at radius 3 is 2.94 bits per heavy atom. The van der Waals surface area contributed by atoms with E-state index in [0.717, 1.165) is 0 Å². The molecule has 0 bridgehead atoms. The summed E-state index contributed by atoms with van der Waals surface area (Å²) in [7, 11) is 0. The molecule has 0 aromatic carbocycles. The molecule has 1 aromatic rings. The van der Waals surface area contributed by atoms with Gasteiger partial charge in [0.05, 0.1) is 3.57 Å². The zero-order valence-corrected chi connectivity index (χ0v) is 11.4. The molecule has 2 rings (SSSR count). The fourth-order valence-electron chi connectivity index (χ4n) is 1.62. The van der Waals surface area contributed by atoms with E-state index in [0.29, 0.717) is 28.2 Å². The van der Waals surface area contributed by atoms with Crippen LogP contribution in [-0.4, -0.2) is 28.2 Å². The number of halogens is 1. The van der Waals surface area contributed by atoms with Crippen LogP contribution in [-0.2, 0) is 4.79 Å². The van der Waals surface area contributed by atoms with Gasteiger partial charge in [0.15, 0.2) is 0 Å². The van der Waals surface area contributed by atoms with Gasteiger partial charge in [0, 0.05) is 19.2 Å². The maximum absolute atomic E-state index is 11.7. The van der Waals surface area contributed by atoms with Crippen LogP contribution in [0.1, 0.15) is 6.42 Å². The van der Waals surface area contributed by atoms with E-state index in [1.165, 1.54) is 11.1 Å². The molecule has 7 heteroatoms. The molecule has 1 aliphatic heterocycles. The lowest BCUT2D eigenvalue weighted by molar-refractivity contribution is -0.117. The van der Waals surface area contributed by atoms with Crippen LogP contribution in [0.25, 0.3) is 0 Å². The molecule has 1 aliphatic rings. The van der Waals surface area contributed by atoms with E-state index in [1.54, 1.807) is 0 Å². The Labute approximate surface area is 111 Å². The predicted molar refractivity (Wildman–Crippen MR) is 71.9 cm³/mol. The second kappa shape index (κ2) is 4.74. The smallest absolute Gasteiger partial charge is 0.265 e. The Morgan fingerprint density at radius 1 is 1.62 bits per heavy atom. The standard InChI is InChI=1S/C9H10IN3O2S/c10-6-2-11-9(12-8(6)15)13-3-5(4-16)1-7(13)14/h2,5,16H,1,3-4H2,(H,11,12,15). The van der Waals surface area contributed by atoms with E-state index in [1.807, 2.05) is 22.6 Å². The maximum Gasteiger partial charge on any atom is 0.265 e. The highest BCUT2D eigenvalue weighted by molar-refractivity contribution is 14.1. The third kappa shape index (κ3) is 2.24. The molecule has 16 heavy (non-hydrogen) atoms. The van der Waals surface area contributed by atoms with E-state index in [2.05, 4.69) is 22.6 Å². The molecule has 0 saturated carbocycles. The quantitative estimate of drug-likeness (QED) is 0.608. The Morgan fingerprint density at radius 2 is 2.38 bits per heavy atom. The van der Waals surface area contributed by atoms with Crippen molar-refractivity contribution in [3.63, 3.8) is 0 Å². The second-order valence-corrected chi connectivity index (χ2v) is 5.17. The lowest BCUT2D eigenvalue weighted by atomic mass is 10.1. The van der Waals surface area contributed by atoms with Gasteiger partial charge in [0.1, 0.15) is 0 Å². The van der Waals surface area contributed by atoms with Crippen LogP contribution in [0.2, 0.25) is 0 Å². The van der Waals surface area contributed by atoms with Crippen LogP contribution in [0.3, 0.4) is 0 Å². The minimum absolute atomic E-state index is 0.0107. The van der Waals surface area contributed by atoms with Gasteiger partial charge in [-0.2, -0.15) is 12.6 Å². The summed E-state index contributed by atoms with van der Waals surface area (Å²) in [5.74, 6) is 1.22. The molecule has 0 spiro atoms. The van der Waals surface area contributed by atoms with E-state index < -0.39 is 0 Å². The van der Waals surface area contributed by atoms with Crippen molar-refractivity contribution in [3.8, 4) is 0 Å². The normalized spacial score (nSPS) is 20.5. The van der Waals surface area contributed by atoms with Crippen molar-refractivity contribution >= 4 is 47.1 Å². The number of aromatic nitrogens is 2. The average Bonchev–Trinajstić information content (AvgIpc) is 2.64. The third-order valence-electron chi connectivity index (χ3n) is 2.46. The van der Waals surface area contributed by atoms with Crippen molar-refractivity contribution in [2.75, 3.05) is 17.2 Å². The van der Waals surface area contributed by atoms with Gasteiger partial charge in [-0.1, -0.05) is 0 Å². The van der Waals surface area contributed by atoms with Crippen molar-refractivity contribution in [3.05, 3.63) is 20.1 Å². The number of nitrogens with one attached hydrogen (secondary N) is 1. The molecular formula is C9H10IN3O2S. The number of nitrogens with zero attached hydrogens (tertiary/aromatic N) is 2. The first kappa shape index (κ1) is 11.9. The van der Waals surface area contributed by atoms with Crippen molar-refractivity contribution in [1.82, 2.24) is 9.97 Å². The Balaban J connectivity index is 2.28. The Kier molecular flexibility index (Phi) is 3.53. The van der Waals surface area contributed by atoms with Crippen LogP contribution >= 0.6 is 35.2 Å². The van der Waals surface area contributed by atoms with Gasteiger partial charge in [0.25, 0.3) is 5.56 Å². The lowest BCUT2D eigenvalue weighted by Gasteiger charge is -2.14. The van der Waals surface area contributed by atoms with Crippen molar-refractivity contribution < 1.29 is 4.79 Å². The molecule has 1 unspecified atom stereocenters. The average molecular weight is 351 g/mol. The number of H-pyrrole nitrogens is 1. The minimum Gasteiger partial charge on any atom is -0.291 e. The first-order valence-corrected chi connectivity index (χ1v) is 6.49. The minimum atomic E-state index is -0.215. The summed E-state index contributed by atoms with van der Waals surface area (Å²) >= 11 is 6.07. The van der Waals surface area contributed by atoms with Crippen LogP contribution < -0.4 is 10.5 Å². The summed E-state index contributed by atoms with van der Waals surface area (Å²) in [6.07, 6.45) is 1.94. The topological polar surface area (TPSA) is 66.1 Å². The molecule has 2 heterocycles. The van der Waals surface area contributed by atoms with Gasteiger partial charge in [-0.05, 0) is 34.3 Å². The van der Waals surface area contributed by atoms with Crippen molar-refractivity contribution in [2.24, 2.45) is 5.92 Å². The fraction of sp³-hybridized carbons (Fsp3) is 0.444. The highest BCUT2D eigenvalue weighted by Gasteiger charge is 2.31. The molecular weight excluding hydrogens is 341 g/mol. The zero-order valence-electron chi connectivity index (χ0n) is 8.31. The molecule has 1 atom stereocenters. The zero-order chi connectivity index (χ0) is 11.7. The van der Waals surface area contributed by atoms with Crippen molar-refractivity contribution in [1.29, 1.82) is 0 Å². The number of thiol groups is 1. The van der Waals surface area contributed by atoms with Gasteiger partial charge in [-0.25, -0.2) is 4.98 Å². The van der Waals surface area contributed by atoms with Gasteiger partial charge < -0.3 is 0 Å². The highest BCUT2D eigenvalue weighted by Crippen LogP contribution is 2.22. The molecule has 1 amide bonds. The van der Waals surface area contributed by atoms with Gasteiger partial charge in [-0.15, -0.1) is 0 Å². The van der Waals surface area contributed by atoms with E-state index in [4.69, 9.17) is 0 Å². The number of hydrogen-bond acceptors (Lipinski definition) is 4. The number of amides is 1. The van der Waals surface area contributed by atoms with Gasteiger partial charge in [-0.3, -0.25) is 19.5 Å². The summed E-state index contributed by atoms with van der Waals surface area (Å²) in [4.78, 5) is 31.2. The number of anilines is 1. The van der Waals surface area contributed by atoms with Crippen LogP contribution in [0.5, 0.6) is 0 Å². The number of carbonyl (C=O) groups excluding carboxylic acids is 1. The van der Waals surface area contributed by atoms with E-state index >= 15 is 0 Å². The molecule has 86 valence electrons. The first-order valence-electron chi connectivity index (χ1n) is 4.78. The molecule has 0 aliphatic carbocycles. The monoisotopic (exact) mass is 351 g/mol. The number of hydrogen-bond donors (Lipinski definition) is 2.